The minimum atomic E-state index is -0.395. The zero-order chi connectivity index (χ0) is 14.5. The average molecular weight is 266 g/mol. The lowest BCUT2D eigenvalue weighted by Crippen LogP contribution is -2.49. The van der Waals surface area contributed by atoms with Crippen LogP contribution in [0.15, 0.2) is 18.2 Å². The van der Waals surface area contributed by atoms with Crippen molar-refractivity contribution in [3.05, 3.63) is 23.8 Å². The van der Waals surface area contributed by atoms with E-state index in [4.69, 9.17) is 15.2 Å². The van der Waals surface area contributed by atoms with E-state index in [1.807, 2.05) is 19.9 Å². The SMILES string of the molecule is COc1ccc(CC(=O)NC(C)(C)CN)cc1OC. The summed E-state index contributed by atoms with van der Waals surface area (Å²) >= 11 is 0. The predicted molar refractivity (Wildman–Crippen MR) is 74.5 cm³/mol. The molecule has 106 valence electrons. The van der Waals surface area contributed by atoms with Crippen molar-refractivity contribution in [2.24, 2.45) is 5.73 Å². The van der Waals surface area contributed by atoms with Gasteiger partial charge in [-0.1, -0.05) is 6.07 Å². The summed E-state index contributed by atoms with van der Waals surface area (Å²) in [5, 5.41) is 2.88. The number of amides is 1. The molecule has 5 heteroatoms. The number of carbonyl (C=O) groups excluding carboxylic acids is 1. The van der Waals surface area contributed by atoms with Crippen LogP contribution in [0.25, 0.3) is 0 Å². The Morgan fingerprint density at radius 3 is 2.42 bits per heavy atom. The molecule has 19 heavy (non-hydrogen) atoms. The van der Waals surface area contributed by atoms with Gasteiger partial charge >= 0.3 is 0 Å². The van der Waals surface area contributed by atoms with Gasteiger partial charge in [0.2, 0.25) is 5.91 Å². The number of hydrogen-bond acceptors (Lipinski definition) is 4. The van der Waals surface area contributed by atoms with Crippen LogP contribution in [0.5, 0.6) is 11.5 Å². The van der Waals surface area contributed by atoms with Crippen molar-refractivity contribution in [2.75, 3.05) is 20.8 Å². The molecule has 1 aromatic carbocycles. The highest BCUT2D eigenvalue weighted by Gasteiger charge is 2.18. The Hall–Kier alpha value is -1.75. The van der Waals surface area contributed by atoms with Crippen LogP contribution < -0.4 is 20.5 Å². The number of rotatable bonds is 6. The van der Waals surface area contributed by atoms with Crippen LogP contribution >= 0.6 is 0 Å². The summed E-state index contributed by atoms with van der Waals surface area (Å²) in [5.41, 5.74) is 6.05. The second-order valence-corrected chi connectivity index (χ2v) is 5.00. The fraction of sp³-hybridized carbons (Fsp3) is 0.500. The molecule has 0 aliphatic carbocycles. The number of hydrogen-bond donors (Lipinski definition) is 2. The zero-order valence-corrected chi connectivity index (χ0v) is 11.9. The molecule has 0 aliphatic heterocycles. The molecular formula is C14H22N2O3. The highest BCUT2D eigenvalue weighted by atomic mass is 16.5. The summed E-state index contributed by atoms with van der Waals surface area (Å²) in [7, 11) is 3.15. The maximum Gasteiger partial charge on any atom is 0.224 e. The van der Waals surface area contributed by atoms with Crippen LogP contribution in [-0.2, 0) is 11.2 Å². The second kappa shape index (κ2) is 6.43. The monoisotopic (exact) mass is 266 g/mol. The van der Waals surface area contributed by atoms with Crippen molar-refractivity contribution in [3.8, 4) is 11.5 Å². The number of nitrogens with one attached hydrogen (secondary N) is 1. The van der Waals surface area contributed by atoms with Gasteiger partial charge in [-0.3, -0.25) is 4.79 Å². The minimum absolute atomic E-state index is 0.0670. The molecule has 0 bridgehead atoms. The Kier molecular flexibility index (Phi) is 5.18. The number of ether oxygens (including phenoxy) is 2. The summed E-state index contributed by atoms with van der Waals surface area (Å²) < 4.78 is 10.4. The maximum atomic E-state index is 11.9. The third-order valence-corrected chi connectivity index (χ3v) is 2.80. The summed E-state index contributed by atoms with van der Waals surface area (Å²) in [6, 6.07) is 5.43. The van der Waals surface area contributed by atoms with Crippen LogP contribution in [0.3, 0.4) is 0 Å². The van der Waals surface area contributed by atoms with Crippen LogP contribution in [0.4, 0.5) is 0 Å². The molecular weight excluding hydrogens is 244 g/mol. The normalized spacial score (nSPS) is 11.0. The number of benzene rings is 1. The van der Waals surface area contributed by atoms with Crippen molar-refractivity contribution in [2.45, 2.75) is 25.8 Å². The lowest BCUT2D eigenvalue weighted by atomic mass is 10.0. The van der Waals surface area contributed by atoms with Crippen LogP contribution in [-0.4, -0.2) is 32.2 Å². The van der Waals surface area contributed by atoms with E-state index in [2.05, 4.69) is 5.32 Å². The quantitative estimate of drug-likeness (QED) is 0.808. The van der Waals surface area contributed by atoms with E-state index in [9.17, 15) is 4.79 Å². The Labute approximate surface area is 114 Å². The highest BCUT2D eigenvalue weighted by Crippen LogP contribution is 2.27. The van der Waals surface area contributed by atoms with Gasteiger partial charge in [-0.25, -0.2) is 0 Å². The first-order valence-electron chi connectivity index (χ1n) is 6.14. The van der Waals surface area contributed by atoms with Crippen molar-refractivity contribution >= 4 is 5.91 Å². The molecule has 0 unspecified atom stereocenters. The molecule has 1 aromatic rings. The van der Waals surface area contributed by atoms with Crippen molar-refractivity contribution < 1.29 is 14.3 Å². The molecule has 0 radical (unpaired) electrons. The molecule has 0 aromatic heterocycles. The molecule has 1 rings (SSSR count). The maximum absolute atomic E-state index is 11.9. The molecule has 0 atom stereocenters. The number of methoxy groups -OCH3 is 2. The minimum Gasteiger partial charge on any atom is -0.493 e. The van der Waals surface area contributed by atoms with E-state index >= 15 is 0 Å². The Balaban J connectivity index is 2.75. The predicted octanol–water partition coefficient (Wildman–Crippen LogP) is 1.10. The first kappa shape index (κ1) is 15.3. The summed E-state index contributed by atoms with van der Waals surface area (Å²) in [4.78, 5) is 11.9. The number of carbonyl (C=O) groups is 1. The molecule has 0 spiro atoms. The summed E-state index contributed by atoms with van der Waals surface area (Å²) in [5.74, 6) is 1.20. The third kappa shape index (κ3) is 4.44. The standard InChI is InChI=1S/C14H22N2O3/c1-14(2,9-15)16-13(17)8-10-5-6-11(18-3)12(7-10)19-4/h5-7H,8-9,15H2,1-4H3,(H,16,17). The lowest BCUT2D eigenvalue weighted by Gasteiger charge is -2.24. The van der Waals surface area contributed by atoms with E-state index in [0.717, 1.165) is 5.56 Å². The third-order valence-electron chi connectivity index (χ3n) is 2.80. The molecule has 0 fully saturated rings. The smallest absolute Gasteiger partial charge is 0.224 e. The Morgan fingerprint density at radius 2 is 1.89 bits per heavy atom. The molecule has 5 nitrogen and oxygen atoms in total. The van der Waals surface area contributed by atoms with Crippen molar-refractivity contribution in [1.29, 1.82) is 0 Å². The van der Waals surface area contributed by atoms with E-state index < -0.39 is 5.54 Å². The molecule has 3 N–H and O–H groups in total. The molecule has 0 saturated heterocycles. The van der Waals surface area contributed by atoms with E-state index in [1.54, 1.807) is 26.4 Å². The first-order valence-corrected chi connectivity index (χ1v) is 6.14. The second-order valence-electron chi connectivity index (χ2n) is 5.00. The van der Waals surface area contributed by atoms with Crippen LogP contribution in [0, 0.1) is 0 Å². The fourth-order valence-corrected chi connectivity index (χ4v) is 1.65. The van der Waals surface area contributed by atoms with Gasteiger partial charge < -0.3 is 20.5 Å². The first-order chi connectivity index (χ1) is 8.91. The highest BCUT2D eigenvalue weighted by molar-refractivity contribution is 5.79. The van der Waals surface area contributed by atoms with Crippen molar-refractivity contribution in [1.82, 2.24) is 5.32 Å². The van der Waals surface area contributed by atoms with Gasteiger partial charge in [-0.05, 0) is 31.5 Å². The van der Waals surface area contributed by atoms with Crippen LogP contribution in [0.2, 0.25) is 0 Å². The largest absolute Gasteiger partial charge is 0.493 e. The van der Waals surface area contributed by atoms with E-state index in [1.165, 1.54) is 0 Å². The average Bonchev–Trinajstić information content (AvgIpc) is 2.37. The van der Waals surface area contributed by atoms with Gasteiger partial charge in [0, 0.05) is 12.1 Å². The van der Waals surface area contributed by atoms with Gasteiger partial charge in [0.05, 0.1) is 20.6 Å². The van der Waals surface area contributed by atoms with Gasteiger partial charge in [0.1, 0.15) is 0 Å². The fourth-order valence-electron chi connectivity index (χ4n) is 1.65. The molecule has 1 amide bonds. The summed E-state index contributed by atoms with van der Waals surface area (Å²) in [6.07, 6.45) is 0.282. The van der Waals surface area contributed by atoms with Crippen molar-refractivity contribution in [3.63, 3.8) is 0 Å². The molecule has 0 heterocycles. The number of nitrogens with two attached hydrogens (primary N) is 1. The van der Waals surface area contributed by atoms with Gasteiger partial charge in [-0.2, -0.15) is 0 Å². The van der Waals surface area contributed by atoms with Crippen LogP contribution in [0.1, 0.15) is 19.4 Å². The van der Waals surface area contributed by atoms with Gasteiger partial charge in [0.15, 0.2) is 11.5 Å². The van der Waals surface area contributed by atoms with E-state index in [-0.39, 0.29) is 12.3 Å². The summed E-state index contributed by atoms with van der Waals surface area (Å²) in [6.45, 7) is 4.17. The topological polar surface area (TPSA) is 73.6 Å². The molecule has 0 saturated carbocycles. The van der Waals surface area contributed by atoms with Gasteiger partial charge in [-0.15, -0.1) is 0 Å². The Morgan fingerprint density at radius 1 is 1.26 bits per heavy atom. The van der Waals surface area contributed by atoms with Gasteiger partial charge in [0.25, 0.3) is 0 Å². The van der Waals surface area contributed by atoms with E-state index in [0.29, 0.717) is 18.0 Å². The lowest BCUT2D eigenvalue weighted by molar-refractivity contribution is -0.121. The zero-order valence-electron chi connectivity index (χ0n) is 11.9. The Bertz CT molecular complexity index is 444. The molecule has 0 aliphatic rings.